The largest absolute Gasteiger partial charge is 0.478 e. The molecule has 0 bridgehead atoms. The molecule has 0 saturated heterocycles. The number of hydrogen-bond acceptors (Lipinski definition) is 6. The predicted octanol–water partition coefficient (Wildman–Crippen LogP) is 5.26. The summed E-state index contributed by atoms with van der Waals surface area (Å²) in [4.78, 5) is 52.8. The van der Waals surface area contributed by atoms with Crippen LogP contribution in [0, 0.1) is 0 Å². The SMILES string of the molecule is CN(CCN(C)C(=O)c1ccc(NC(=C2C(=O)Nc3cc(C(=O)O)ccc32)c2ccccc2)cc1)C(=O)OC(C)(C)C. The summed E-state index contributed by atoms with van der Waals surface area (Å²) in [5.41, 5.74) is 3.26. The number of benzene rings is 3. The molecule has 3 amide bonds. The number of anilines is 2. The number of nitrogens with zero attached hydrogens (tertiary/aromatic N) is 2. The van der Waals surface area contributed by atoms with Crippen LogP contribution in [0.25, 0.3) is 11.3 Å². The lowest BCUT2D eigenvalue weighted by Gasteiger charge is -2.26. The van der Waals surface area contributed by atoms with Gasteiger partial charge in [0, 0.05) is 44.0 Å². The fourth-order valence-corrected chi connectivity index (χ4v) is 4.33. The zero-order chi connectivity index (χ0) is 30.6. The van der Waals surface area contributed by atoms with E-state index in [1.165, 1.54) is 21.9 Å². The lowest BCUT2D eigenvalue weighted by molar-refractivity contribution is -0.110. The van der Waals surface area contributed by atoms with Crippen LogP contribution in [0.2, 0.25) is 0 Å². The monoisotopic (exact) mass is 570 g/mol. The molecule has 3 aromatic carbocycles. The van der Waals surface area contributed by atoms with E-state index in [1.54, 1.807) is 65.2 Å². The van der Waals surface area contributed by atoms with E-state index in [2.05, 4.69) is 10.6 Å². The third kappa shape index (κ3) is 6.95. The standard InChI is InChI=1S/C32H34N4O6/c1-32(2,3)42-31(41)36(5)18-17-35(4)29(38)21-11-14-23(15-12-21)33-27(20-9-7-6-8-10-20)26-24-16-13-22(30(39)40)19-25(24)34-28(26)37/h6-16,19,33H,17-18H2,1-5H3,(H,34,37)(H,39,40). The lowest BCUT2D eigenvalue weighted by atomic mass is 9.99. The number of carboxylic acid groups (broad SMARTS) is 1. The third-order valence-corrected chi connectivity index (χ3v) is 6.55. The fourth-order valence-electron chi connectivity index (χ4n) is 4.33. The molecule has 1 aliphatic heterocycles. The molecule has 0 spiro atoms. The van der Waals surface area contributed by atoms with Gasteiger partial charge < -0.3 is 30.3 Å². The summed E-state index contributed by atoms with van der Waals surface area (Å²) in [6.07, 6.45) is -0.456. The fraction of sp³-hybridized carbons (Fsp3) is 0.250. The van der Waals surface area contributed by atoms with Gasteiger partial charge in [-0.3, -0.25) is 9.59 Å². The van der Waals surface area contributed by atoms with Crippen molar-refractivity contribution in [3.8, 4) is 0 Å². The molecule has 218 valence electrons. The number of hydrogen-bond donors (Lipinski definition) is 3. The van der Waals surface area contributed by atoms with Gasteiger partial charge in [-0.05, 0) is 62.7 Å². The van der Waals surface area contributed by atoms with E-state index in [0.29, 0.717) is 46.9 Å². The van der Waals surface area contributed by atoms with E-state index in [4.69, 9.17) is 4.74 Å². The molecular weight excluding hydrogens is 536 g/mol. The van der Waals surface area contributed by atoms with Gasteiger partial charge in [0.1, 0.15) is 5.60 Å². The van der Waals surface area contributed by atoms with E-state index in [9.17, 15) is 24.3 Å². The van der Waals surface area contributed by atoms with Crippen LogP contribution < -0.4 is 10.6 Å². The van der Waals surface area contributed by atoms with Gasteiger partial charge in [0.15, 0.2) is 0 Å². The molecule has 0 aliphatic carbocycles. The molecular formula is C32H34N4O6. The van der Waals surface area contributed by atoms with E-state index in [-0.39, 0.29) is 17.4 Å². The van der Waals surface area contributed by atoms with Crippen molar-refractivity contribution in [2.24, 2.45) is 0 Å². The Labute approximate surface area is 244 Å². The highest BCUT2D eigenvalue weighted by Crippen LogP contribution is 2.38. The van der Waals surface area contributed by atoms with Crippen molar-refractivity contribution in [2.45, 2.75) is 26.4 Å². The molecule has 0 saturated carbocycles. The van der Waals surface area contributed by atoms with Crippen molar-refractivity contribution in [1.29, 1.82) is 0 Å². The minimum Gasteiger partial charge on any atom is -0.478 e. The Morgan fingerprint density at radius 2 is 1.48 bits per heavy atom. The zero-order valence-electron chi connectivity index (χ0n) is 24.2. The van der Waals surface area contributed by atoms with Crippen LogP contribution in [-0.2, 0) is 9.53 Å². The number of aromatic carboxylic acids is 1. The Balaban J connectivity index is 1.53. The summed E-state index contributed by atoms with van der Waals surface area (Å²) in [6, 6.07) is 20.7. The van der Waals surface area contributed by atoms with Gasteiger partial charge in [0.25, 0.3) is 11.8 Å². The van der Waals surface area contributed by atoms with E-state index in [0.717, 1.165) is 5.56 Å². The molecule has 0 aromatic heterocycles. The molecule has 0 fully saturated rings. The summed E-state index contributed by atoms with van der Waals surface area (Å²) in [7, 11) is 3.29. The normalized spacial score (nSPS) is 13.5. The number of likely N-dealkylation sites (N-methyl/N-ethyl adjacent to an activating group) is 2. The minimum atomic E-state index is -1.08. The highest BCUT2D eigenvalue weighted by molar-refractivity contribution is 6.37. The molecule has 10 heteroatoms. The summed E-state index contributed by atoms with van der Waals surface area (Å²) in [5, 5.41) is 15.5. The van der Waals surface area contributed by atoms with Crippen molar-refractivity contribution in [3.63, 3.8) is 0 Å². The van der Waals surface area contributed by atoms with E-state index in [1.807, 2.05) is 30.3 Å². The maximum atomic E-state index is 13.1. The van der Waals surface area contributed by atoms with Crippen molar-refractivity contribution < 1.29 is 29.0 Å². The average molecular weight is 571 g/mol. The molecule has 3 aromatic rings. The topological polar surface area (TPSA) is 128 Å². The van der Waals surface area contributed by atoms with Crippen molar-refractivity contribution in [1.82, 2.24) is 9.80 Å². The number of rotatable bonds is 8. The van der Waals surface area contributed by atoms with Crippen LogP contribution in [0.3, 0.4) is 0 Å². The number of carbonyl (C=O) groups excluding carboxylic acids is 3. The first kappa shape index (κ1) is 29.9. The summed E-state index contributed by atoms with van der Waals surface area (Å²) >= 11 is 0. The van der Waals surface area contributed by atoms with Crippen LogP contribution >= 0.6 is 0 Å². The zero-order valence-corrected chi connectivity index (χ0v) is 24.2. The Morgan fingerprint density at radius 1 is 0.857 bits per heavy atom. The molecule has 4 rings (SSSR count). The summed E-state index contributed by atoms with van der Waals surface area (Å²) < 4.78 is 5.36. The first-order chi connectivity index (χ1) is 19.8. The third-order valence-electron chi connectivity index (χ3n) is 6.55. The second-order valence-electron chi connectivity index (χ2n) is 11.0. The predicted molar refractivity (Wildman–Crippen MR) is 161 cm³/mol. The van der Waals surface area contributed by atoms with Gasteiger partial charge >= 0.3 is 12.1 Å². The Bertz CT molecular complexity index is 1540. The highest BCUT2D eigenvalue weighted by Gasteiger charge is 2.29. The van der Waals surface area contributed by atoms with Gasteiger partial charge in [0.2, 0.25) is 0 Å². The number of fused-ring (bicyclic) bond motifs is 1. The van der Waals surface area contributed by atoms with Crippen LogP contribution in [0.5, 0.6) is 0 Å². The number of amides is 3. The van der Waals surface area contributed by atoms with Crippen LogP contribution in [0.4, 0.5) is 16.2 Å². The number of carbonyl (C=O) groups is 4. The quantitative estimate of drug-likeness (QED) is 0.315. The smallest absolute Gasteiger partial charge is 0.410 e. The Morgan fingerprint density at radius 3 is 2.10 bits per heavy atom. The summed E-state index contributed by atoms with van der Waals surface area (Å²) in [6.45, 7) is 6.01. The molecule has 10 nitrogen and oxygen atoms in total. The van der Waals surface area contributed by atoms with Crippen molar-refractivity contribution in [3.05, 3.63) is 95.1 Å². The minimum absolute atomic E-state index is 0.0752. The molecule has 3 N–H and O–H groups in total. The maximum Gasteiger partial charge on any atom is 0.410 e. The lowest BCUT2D eigenvalue weighted by Crippen LogP contribution is -2.39. The number of carboxylic acids is 1. The average Bonchev–Trinajstić information content (AvgIpc) is 3.28. The molecule has 1 aliphatic rings. The van der Waals surface area contributed by atoms with Gasteiger partial charge in [-0.1, -0.05) is 36.4 Å². The van der Waals surface area contributed by atoms with Gasteiger partial charge in [-0.15, -0.1) is 0 Å². The van der Waals surface area contributed by atoms with Crippen LogP contribution in [0.15, 0.2) is 72.8 Å². The molecule has 0 radical (unpaired) electrons. The molecule has 1 heterocycles. The first-order valence-electron chi connectivity index (χ1n) is 13.4. The molecule has 0 unspecified atom stereocenters. The van der Waals surface area contributed by atoms with Gasteiger partial charge in [-0.2, -0.15) is 0 Å². The second kappa shape index (κ2) is 12.2. The Hall–Kier alpha value is -5.12. The number of ether oxygens (including phenoxy) is 1. The molecule has 0 atom stereocenters. The van der Waals surface area contributed by atoms with Crippen LogP contribution in [0.1, 0.15) is 52.6 Å². The number of nitrogens with one attached hydrogen (secondary N) is 2. The van der Waals surface area contributed by atoms with E-state index >= 15 is 0 Å². The first-order valence-corrected chi connectivity index (χ1v) is 13.4. The highest BCUT2D eigenvalue weighted by atomic mass is 16.6. The maximum absolute atomic E-state index is 13.1. The molecule has 42 heavy (non-hydrogen) atoms. The second-order valence-corrected chi connectivity index (χ2v) is 11.0. The van der Waals surface area contributed by atoms with Crippen LogP contribution in [-0.4, -0.2) is 71.6 Å². The van der Waals surface area contributed by atoms with E-state index < -0.39 is 17.7 Å². The van der Waals surface area contributed by atoms with Gasteiger partial charge in [0.05, 0.1) is 22.5 Å². The Kier molecular flexibility index (Phi) is 8.65. The van der Waals surface area contributed by atoms with Crippen molar-refractivity contribution in [2.75, 3.05) is 37.8 Å². The van der Waals surface area contributed by atoms with Crippen molar-refractivity contribution >= 4 is 46.5 Å². The van der Waals surface area contributed by atoms with Gasteiger partial charge in [-0.25, -0.2) is 9.59 Å². The summed E-state index contributed by atoms with van der Waals surface area (Å²) in [5.74, 6) is -1.65.